The van der Waals surface area contributed by atoms with Crippen LogP contribution in [-0.2, 0) is 0 Å². The molecule has 0 bridgehead atoms. The van der Waals surface area contributed by atoms with Crippen LogP contribution in [0.3, 0.4) is 0 Å². The van der Waals surface area contributed by atoms with E-state index < -0.39 is 0 Å². The van der Waals surface area contributed by atoms with E-state index in [1.54, 1.807) is 13.8 Å². The maximum absolute atomic E-state index is 11.7. The van der Waals surface area contributed by atoms with Crippen LogP contribution in [0.15, 0.2) is 36.4 Å². The van der Waals surface area contributed by atoms with E-state index >= 15 is 0 Å². The standard InChI is InChI=1S/C18H18O5/c1-3-13(19)11-5-7-15(21)17(9-11)23-18-10-12(14(20)4-2)6-8-16(18)22/h5-10,21-22H,3-4H2,1-2H3. The highest BCUT2D eigenvalue weighted by Crippen LogP contribution is 2.36. The number of ether oxygens (including phenoxy) is 1. The summed E-state index contributed by atoms with van der Waals surface area (Å²) in [5.41, 5.74) is 0.807. The molecule has 2 N–H and O–H groups in total. The number of rotatable bonds is 6. The van der Waals surface area contributed by atoms with Gasteiger partial charge in [-0.2, -0.15) is 0 Å². The molecule has 0 spiro atoms. The van der Waals surface area contributed by atoms with E-state index in [1.165, 1.54) is 36.4 Å². The van der Waals surface area contributed by atoms with Crippen LogP contribution in [0.25, 0.3) is 0 Å². The predicted molar refractivity (Wildman–Crippen MR) is 85.5 cm³/mol. The lowest BCUT2D eigenvalue weighted by Gasteiger charge is -2.11. The quantitative estimate of drug-likeness (QED) is 0.785. The van der Waals surface area contributed by atoms with E-state index in [4.69, 9.17) is 4.74 Å². The van der Waals surface area contributed by atoms with Crippen molar-refractivity contribution >= 4 is 11.6 Å². The molecular formula is C18H18O5. The van der Waals surface area contributed by atoms with Gasteiger partial charge in [0.1, 0.15) is 0 Å². The van der Waals surface area contributed by atoms with Crippen molar-refractivity contribution < 1.29 is 24.5 Å². The van der Waals surface area contributed by atoms with Crippen molar-refractivity contribution in [3.63, 3.8) is 0 Å². The summed E-state index contributed by atoms with van der Waals surface area (Å²) in [5.74, 6) is -0.419. The number of phenols is 2. The number of aromatic hydroxyl groups is 2. The number of carbonyl (C=O) groups is 2. The molecule has 0 aliphatic carbocycles. The molecule has 0 aromatic heterocycles. The minimum atomic E-state index is -0.163. The molecule has 0 fully saturated rings. The van der Waals surface area contributed by atoms with E-state index in [1.807, 2.05) is 0 Å². The Morgan fingerprint density at radius 2 is 1.22 bits per heavy atom. The Kier molecular flexibility index (Phi) is 5.01. The molecule has 5 heteroatoms. The van der Waals surface area contributed by atoms with Crippen LogP contribution in [0, 0.1) is 0 Å². The zero-order chi connectivity index (χ0) is 17.0. The van der Waals surface area contributed by atoms with Gasteiger partial charge in [-0.3, -0.25) is 9.59 Å². The molecule has 120 valence electrons. The van der Waals surface area contributed by atoms with E-state index in [0.717, 1.165) is 0 Å². The van der Waals surface area contributed by atoms with Crippen LogP contribution in [0.2, 0.25) is 0 Å². The van der Waals surface area contributed by atoms with Gasteiger partial charge in [0.05, 0.1) is 0 Å². The van der Waals surface area contributed by atoms with E-state index in [-0.39, 0.29) is 34.6 Å². The largest absolute Gasteiger partial charge is 0.504 e. The summed E-state index contributed by atoms with van der Waals surface area (Å²) in [5, 5.41) is 19.8. The Bertz CT molecular complexity index is 686. The first-order chi connectivity index (χ1) is 11.0. The summed E-state index contributed by atoms with van der Waals surface area (Å²) in [6, 6.07) is 8.55. The summed E-state index contributed by atoms with van der Waals surface area (Å²) in [6.45, 7) is 3.47. The summed E-state index contributed by atoms with van der Waals surface area (Å²) >= 11 is 0. The Morgan fingerprint density at radius 1 is 0.826 bits per heavy atom. The minimum Gasteiger partial charge on any atom is -0.504 e. The fourth-order valence-corrected chi connectivity index (χ4v) is 2.07. The zero-order valence-corrected chi connectivity index (χ0v) is 13.0. The summed E-state index contributed by atoms with van der Waals surface area (Å²) in [7, 11) is 0. The van der Waals surface area contributed by atoms with Gasteiger partial charge in [0.15, 0.2) is 34.6 Å². The number of ketones is 2. The highest BCUT2D eigenvalue weighted by atomic mass is 16.5. The molecule has 2 rings (SSSR count). The highest BCUT2D eigenvalue weighted by Gasteiger charge is 2.13. The maximum atomic E-state index is 11.7. The van der Waals surface area contributed by atoms with Gasteiger partial charge in [-0.25, -0.2) is 0 Å². The van der Waals surface area contributed by atoms with Crippen molar-refractivity contribution in [2.75, 3.05) is 0 Å². The molecule has 0 saturated carbocycles. The van der Waals surface area contributed by atoms with E-state index in [9.17, 15) is 19.8 Å². The normalized spacial score (nSPS) is 10.3. The third-order valence-electron chi connectivity index (χ3n) is 3.43. The number of Topliss-reactive ketones (excluding diaryl/α,β-unsaturated/α-hetero) is 2. The van der Waals surface area contributed by atoms with Crippen molar-refractivity contribution in [2.45, 2.75) is 26.7 Å². The summed E-state index contributed by atoms with van der Waals surface area (Å²) in [4.78, 5) is 23.5. The van der Waals surface area contributed by atoms with Crippen molar-refractivity contribution in [1.29, 1.82) is 0 Å². The molecule has 0 aliphatic heterocycles. The topological polar surface area (TPSA) is 83.8 Å². The first-order valence-electron chi connectivity index (χ1n) is 7.36. The van der Waals surface area contributed by atoms with Crippen molar-refractivity contribution in [1.82, 2.24) is 0 Å². The number of carbonyl (C=O) groups excluding carboxylic acids is 2. The molecule has 0 amide bonds. The summed E-state index contributed by atoms with van der Waals surface area (Å²) in [6.07, 6.45) is 0.659. The van der Waals surface area contributed by atoms with Crippen LogP contribution >= 0.6 is 0 Å². The Balaban J connectivity index is 2.38. The van der Waals surface area contributed by atoms with Crippen molar-refractivity contribution in [2.24, 2.45) is 0 Å². The highest BCUT2D eigenvalue weighted by molar-refractivity contribution is 5.97. The van der Waals surface area contributed by atoms with Gasteiger partial charge >= 0.3 is 0 Å². The Hall–Kier alpha value is -2.82. The third kappa shape index (κ3) is 3.69. The van der Waals surface area contributed by atoms with E-state index in [0.29, 0.717) is 24.0 Å². The first-order valence-corrected chi connectivity index (χ1v) is 7.36. The molecule has 5 nitrogen and oxygen atoms in total. The second-order valence-corrected chi connectivity index (χ2v) is 5.02. The SMILES string of the molecule is CCC(=O)c1ccc(O)c(Oc2cc(C(=O)CC)ccc2O)c1. The van der Waals surface area contributed by atoms with Gasteiger partial charge in [-0.05, 0) is 36.4 Å². The van der Waals surface area contributed by atoms with Crippen LogP contribution < -0.4 is 4.74 Å². The Labute approximate surface area is 134 Å². The molecular weight excluding hydrogens is 296 g/mol. The smallest absolute Gasteiger partial charge is 0.169 e. The number of phenolic OH excluding ortho intramolecular Hbond substituents is 2. The van der Waals surface area contributed by atoms with Crippen LogP contribution in [0.5, 0.6) is 23.0 Å². The fourth-order valence-electron chi connectivity index (χ4n) is 2.07. The van der Waals surface area contributed by atoms with Gasteiger partial charge in [-0.15, -0.1) is 0 Å². The van der Waals surface area contributed by atoms with Crippen LogP contribution in [0.1, 0.15) is 47.4 Å². The molecule has 0 atom stereocenters. The molecule has 0 aliphatic rings. The number of hydrogen-bond acceptors (Lipinski definition) is 5. The van der Waals surface area contributed by atoms with Gasteiger partial charge in [0.2, 0.25) is 0 Å². The van der Waals surface area contributed by atoms with Gasteiger partial charge in [0, 0.05) is 24.0 Å². The molecule has 2 aromatic rings. The molecule has 2 aromatic carbocycles. The first kappa shape index (κ1) is 16.5. The minimum absolute atomic E-state index is 0.0423. The monoisotopic (exact) mass is 314 g/mol. The molecule has 0 unspecified atom stereocenters. The number of benzene rings is 2. The fraction of sp³-hybridized carbons (Fsp3) is 0.222. The lowest BCUT2D eigenvalue weighted by Crippen LogP contribution is -1.98. The Morgan fingerprint density at radius 3 is 1.57 bits per heavy atom. The summed E-state index contributed by atoms with van der Waals surface area (Å²) < 4.78 is 5.51. The lowest BCUT2D eigenvalue weighted by molar-refractivity contribution is 0.0980. The molecule has 0 saturated heterocycles. The van der Waals surface area contributed by atoms with Gasteiger partial charge in [0.25, 0.3) is 0 Å². The molecule has 0 heterocycles. The maximum Gasteiger partial charge on any atom is 0.169 e. The molecule has 23 heavy (non-hydrogen) atoms. The average molecular weight is 314 g/mol. The predicted octanol–water partition coefficient (Wildman–Crippen LogP) is 4.08. The van der Waals surface area contributed by atoms with Crippen LogP contribution in [-0.4, -0.2) is 21.8 Å². The second-order valence-electron chi connectivity index (χ2n) is 5.02. The van der Waals surface area contributed by atoms with Gasteiger partial charge < -0.3 is 14.9 Å². The second kappa shape index (κ2) is 6.96. The number of hydrogen-bond donors (Lipinski definition) is 2. The lowest BCUT2D eigenvalue weighted by atomic mass is 10.1. The van der Waals surface area contributed by atoms with Gasteiger partial charge in [-0.1, -0.05) is 13.8 Å². The third-order valence-corrected chi connectivity index (χ3v) is 3.43. The van der Waals surface area contributed by atoms with Crippen molar-refractivity contribution in [3.05, 3.63) is 47.5 Å². The van der Waals surface area contributed by atoms with Crippen molar-refractivity contribution in [3.8, 4) is 23.0 Å². The molecule has 0 radical (unpaired) electrons. The zero-order valence-electron chi connectivity index (χ0n) is 13.0. The van der Waals surface area contributed by atoms with Crippen LogP contribution in [0.4, 0.5) is 0 Å². The average Bonchev–Trinajstić information content (AvgIpc) is 2.57. The van der Waals surface area contributed by atoms with E-state index in [2.05, 4.69) is 0 Å².